The fraction of sp³-hybridized carbons (Fsp3) is 0.375. The lowest BCUT2D eigenvalue weighted by Gasteiger charge is -2.12. The molecule has 0 atom stereocenters. The molecule has 2 aromatic carbocycles. The van der Waals surface area contributed by atoms with Gasteiger partial charge in [-0.25, -0.2) is 13.4 Å². The number of nitrogens with zero attached hydrogens (tertiary/aromatic N) is 2. The summed E-state index contributed by atoms with van der Waals surface area (Å²) in [7, 11) is -3.31. The van der Waals surface area contributed by atoms with Crippen LogP contribution in [0.2, 0.25) is 0 Å². The van der Waals surface area contributed by atoms with Gasteiger partial charge in [0.2, 0.25) is 11.8 Å². The minimum absolute atomic E-state index is 0.0354. The molecular weight excluding hydrogens is 426 g/mol. The number of nitrogens with one attached hydrogen (secondary N) is 1. The van der Waals surface area contributed by atoms with Gasteiger partial charge >= 0.3 is 0 Å². The molecule has 8 heteroatoms. The monoisotopic (exact) mass is 453 g/mol. The number of carbonyl (C=O) groups excluding carboxylic acids is 2. The largest absolute Gasteiger partial charge is 0.326 e. The van der Waals surface area contributed by atoms with Gasteiger partial charge in [-0.15, -0.1) is 0 Å². The summed E-state index contributed by atoms with van der Waals surface area (Å²) in [4.78, 5) is 25.0. The Hall–Kier alpha value is -3.00. The Morgan fingerprint density at radius 1 is 0.969 bits per heavy atom. The van der Waals surface area contributed by atoms with Gasteiger partial charge in [-0.05, 0) is 42.7 Å². The molecule has 2 aliphatic rings. The molecule has 1 fully saturated rings. The average molecular weight is 454 g/mol. The molecule has 0 bridgehead atoms. The molecule has 1 saturated carbocycles. The van der Waals surface area contributed by atoms with Gasteiger partial charge in [0.1, 0.15) is 0 Å². The van der Waals surface area contributed by atoms with E-state index < -0.39 is 9.84 Å². The number of carbonyl (C=O) groups is 2. The Morgan fingerprint density at radius 3 is 2.34 bits per heavy atom. The Labute approximate surface area is 188 Å². The molecule has 4 rings (SSSR count). The maximum Gasteiger partial charge on any atom is 0.243 e. The lowest BCUT2D eigenvalue weighted by Crippen LogP contribution is -2.25. The highest BCUT2D eigenvalue weighted by Gasteiger charge is 2.30. The first-order chi connectivity index (χ1) is 15.4. The molecule has 0 radical (unpaired) electrons. The number of hydrogen-bond donors (Lipinski definition) is 1. The molecule has 0 unspecified atom stereocenters. The Bertz CT molecular complexity index is 1110. The van der Waals surface area contributed by atoms with E-state index in [1.807, 2.05) is 30.3 Å². The van der Waals surface area contributed by atoms with E-state index in [1.54, 1.807) is 24.3 Å². The molecule has 1 aliphatic heterocycles. The summed E-state index contributed by atoms with van der Waals surface area (Å²) in [5, 5.41) is 8.26. The van der Waals surface area contributed by atoms with E-state index in [4.69, 9.17) is 0 Å². The zero-order valence-electron chi connectivity index (χ0n) is 17.9. The molecule has 2 aromatic rings. The van der Waals surface area contributed by atoms with Gasteiger partial charge in [-0.1, -0.05) is 43.2 Å². The summed E-state index contributed by atoms with van der Waals surface area (Å²) in [6.45, 7) is 0.515. The second kappa shape index (κ2) is 9.65. The molecule has 1 heterocycles. The number of benzene rings is 2. The summed E-state index contributed by atoms with van der Waals surface area (Å²) < 4.78 is 25.3. The highest BCUT2D eigenvalue weighted by Crippen LogP contribution is 2.30. The van der Waals surface area contributed by atoms with Crippen LogP contribution in [0, 0.1) is 0 Å². The first-order valence-corrected chi connectivity index (χ1v) is 12.6. The van der Waals surface area contributed by atoms with Gasteiger partial charge in [0, 0.05) is 24.9 Å². The first-order valence-electron chi connectivity index (χ1n) is 11.0. The van der Waals surface area contributed by atoms with E-state index >= 15 is 0 Å². The van der Waals surface area contributed by atoms with Gasteiger partial charge in [-0.3, -0.25) is 9.59 Å². The fourth-order valence-corrected chi connectivity index (χ4v) is 6.02. The van der Waals surface area contributed by atoms with Gasteiger partial charge in [0.05, 0.1) is 22.4 Å². The minimum Gasteiger partial charge on any atom is -0.326 e. The molecule has 2 amide bonds. The quantitative estimate of drug-likeness (QED) is 0.690. The average Bonchev–Trinajstić information content (AvgIpc) is 3.51. The highest BCUT2D eigenvalue weighted by atomic mass is 32.2. The van der Waals surface area contributed by atoms with Crippen molar-refractivity contribution < 1.29 is 18.0 Å². The molecule has 7 nitrogen and oxygen atoms in total. The van der Waals surface area contributed by atoms with Crippen LogP contribution < -0.4 is 5.32 Å². The third-order valence-electron chi connectivity index (χ3n) is 5.97. The highest BCUT2D eigenvalue weighted by molar-refractivity contribution is 7.92. The molecule has 0 saturated heterocycles. The minimum atomic E-state index is -3.31. The zero-order chi connectivity index (χ0) is 22.6. The SMILES string of the molecule is O=C(CCC(=O)N1CCC(c2ccccc2)=N1)Nc1ccc(S(=O)(=O)C2CCCC2)cc1. The standard InChI is InChI=1S/C24H27N3O4S/c28-23(14-15-24(29)27-17-16-22(26-27)18-6-2-1-3-7-18)25-19-10-12-21(13-11-19)32(30,31)20-8-4-5-9-20/h1-3,6-7,10-13,20H,4-5,8-9,14-17H2,(H,25,28). The van der Waals surface area contributed by atoms with E-state index in [-0.39, 0.29) is 29.9 Å². The van der Waals surface area contributed by atoms with Crippen LogP contribution >= 0.6 is 0 Å². The van der Waals surface area contributed by atoms with Crippen molar-refractivity contribution in [3.05, 3.63) is 60.2 Å². The summed E-state index contributed by atoms with van der Waals surface area (Å²) in [6.07, 6.45) is 4.11. The third-order valence-corrected chi connectivity index (χ3v) is 8.25. The van der Waals surface area contributed by atoms with Crippen molar-refractivity contribution in [1.82, 2.24) is 5.01 Å². The van der Waals surface area contributed by atoms with Crippen molar-refractivity contribution in [2.75, 3.05) is 11.9 Å². The van der Waals surface area contributed by atoms with E-state index in [2.05, 4.69) is 10.4 Å². The van der Waals surface area contributed by atoms with Crippen molar-refractivity contribution in [2.45, 2.75) is 55.1 Å². The number of rotatable bonds is 7. The summed E-state index contributed by atoms with van der Waals surface area (Å²) in [5.41, 5.74) is 2.38. The van der Waals surface area contributed by atoms with Crippen LogP contribution in [0.15, 0.2) is 64.6 Å². The Balaban J connectivity index is 1.28. The fourth-order valence-electron chi connectivity index (χ4n) is 4.16. The molecule has 168 valence electrons. The second-order valence-electron chi connectivity index (χ2n) is 8.20. The maximum atomic E-state index is 12.6. The molecule has 0 spiro atoms. The Morgan fingerprint density at radius 2 is 1.66 bits per heavy atom. The van der Waals surface area contributed by atoms with E-state index in [0.717, 1.165) is 24.1 Å². The van der Waals surface area contributed by atoms with Crippen molar-refractivity contribution in [2.24, 2.45) is 5.10 Å². The van der Waals surface area contributed by atoms with E-state index in [9.17, 15) is 18.0 Å². The lowest BCUT2D eigenvalue weighted by molar-refractivity contribution is -0.132. The van der Waals surface area contributed by atoms with Crippen LogP contribution in [0.4, 0.5) is 5.69 Å². The predicted octanol–water partition coefficient (Wildman–Crippen LogP) is 3.76. The van der Waals surface area contributed by atoms with Gasteiger partial charge in [-0.2, -0.15) is 5.10 Å². The first kappa shape index (κ1) is 22.2. The van der Waals surface area contributed by atoms with Gasteiger partial charge in [0.25, 0.3) is 0 Å². The third kappa shape index (κ3) is 5.07. The normalized spacial score (nSPS) is 16.8. The van der Waals surface area contributed by atoms with Crippen LogP contribution in [0.1, 0.15) is 50.5 Å². The van der Waals surface area contributed by atoms with Crippen molar-refractivity contribution in [3.8, 4) is 0 Å². The number of hydrazone groups is 1. The second-order valence-corrected chi connectivity index (χ2v) is 10.4. The Kier molecular flexibility index (Phi) is 6.69. The van der Waals surface area contributed by atoms with Crippen LogP contribution in [-0.2, 0) is 19.4 Å². The van der Waals surface area contributed by atoms with Gasteiger partial charge < -0.3 is 5.32 Å². The molecular formula is C24H27N3O4S. The molecule has 32 heavy (non-hydrogen) atoms. The summed E-state index contributed by atoms with van der Waals surface area (Å²) in [5.74, 6) is -0.486. The van der Waals surface area contributed by atoms with Crippen molar-refractivity contribution >= 4 is 33.1 Å². The topological polar surface area (TPSA) is 95.9 Å². The van der Waals surface area contributed by atoms with Crippen LogP contribution in [-0.4, -0.2) is 42.7 Å². The zero-order valence-corrected chi connectivity index (χ0v) is 18.7. The van der Waals surface area contributed by atoms with Crippen LogP contribution in [0.3, 0.4) is 0 Å². The van der Waals surface area contributed by atoms with E-state index in [1.165, 1.54) is 5.01 Å². The summed E-state index contributed by atoms with van der Waals surface area (Å²) >= 11 is 0. The smallest absolute Gasteiger partial charge is 0.243 e. The number of sulfone groups is 1. The number of anilines is 1. The van der Waals surface area contributed by atoms with E-state index in [0.29, 0.717) is 36.4 Å². The van der Waals surface area contributed by atoms with Crippen molar-refractivity contribution in [3.63, 3.8) is 0 Å². The number of hydrogen-bond acceptors (Lipinski definition) is 5. The van der Waals surface area contributed by atoms with Crippen LogP contribution in [0.25, 0.3) is 0 Å². The van der Waals surface area contributed by atoms with Gasteiger partial charge in [0.15, 0.2) is 9.84 Å². The number of amides is 2. The summed E-state index contributed by atoms with van der Waals surface area (Å²) in [6, 6.07) is 16.0. The van der Waals surface area contributed by atoms with Crippen molar-refractivity contribution in [1.29, 1.82) is 0 Å². The maximum absolute atomic E-state index is 12.6. The lowest BCUT2D eigenvalue weighted by atomic mass is 10.1. The van der Waals surface area contributed by atoms with Crippen LogP contribution in [0.5, 0.6) is 0 Å². The molecule has 0 aromatic heterocycles. The predicted molar refractivity (Wildman–Crippen MR) is 123 cm³/mol. The molecule has 1 aliphatic carbocycles. The molecule has 1 N–H and O–H groups in total.